The van der Waals surface area contributed by atoms with Crippen molar-refractivity contribution in [1.29, 1.82) is 0 Å². The first-order valence-electron chi connectivity index (χ1n) is 7.81. The number of benzene rings is 1. The molecule has 0 radical (unpaired) electrons. The number of hydrogen-bond donors (Lipinski definition) is 0. The molecule has 1 unspecified atom stereocenters. The molecule has 1 amide bonds. The van der Waals surface area contributed by atoms with Crippen molar-refractivity contribution >= 4 is 11.6 Å². The number of carbonyl (C=O) groups is 1. The van der Waals surface area contributed by atoms with Gasteiger partial charge in [0.1, 0.15) is 5.76 Å². The van der Waals surface area contributed by atoms with Gasteiger partial charge in [0.05, 0.1) is 23.8 Å². The molecule has 0 saturated carbocycles. The predicted octanol–water partition coefficient (Wildman–Crippen LogP) is 3.01. The molecule has 0 aliphatic carbocycles. The second-order valence-electron chi connectivity index (χ2n) is 5.70. The van der Waals surface area contributed by atoms with Crippen molar-refractivity contribution in [3.8, 4) is 0 Å². The topological polar surface area (TPSA) is 85.8 Å². The van der Waals surface area contributed by atoms with E-state index in [9.17, 15) is 14.9 Å². The molecule has 1 saturated heterocycles. The van der Waals surface area contributed by atoms with Gasteiger partial charge in [0, 0.05) is 30.8 Å². The van der Waals surface area contributed by atoms with Crippen LogP contribution in [-0.4, -0.2) is 35.0 Å². The van der Waals surface area contributed by atoms with Gasteiger partial charge in [0.25, 0.3) is 11.6 Å². The highest BCUT2D eigenvalue weighted by Gasteiger charge is 2.24. The first-order chi connectivity index (χ1) is 11.6. The van der Waals surface area contributed by atoms with Gasteiger partial charge in [-0.25, -0.2) is 0 Å². The summed E-state index contributed by atoms with van der Waals surface area (Å²) in [7, 11) is 0. The van der Waals surface area contributed by atoms with Gasteiger partial charge in [-0.05, 0) is 37.1 Å². The second-order valence-corrected chi connectivity index (χ2v) is 5.70. The van der Waals surface area contributed by atoms with Gasteiger partial charge in [-0.2, -0.15) is 0 Å². The largest absolute Gasteiger partial charge is 0.467 e. The van der Waals surface area contributed by atoms with E-state index in [0.717, 1.165) is 12.8 Å². The zero-order valence-electron chi connectivity index (χ0n) is 13.1. The molecule has 1 aliphatic heterocycles. The van der Waals surface area contributed by atoms with Crippen molar-refractivity contribution in [1.82, 2.24) is 4.90 Å². The minimum Gasteiger partial charge on any atom is -0.467 e. The van der Waals surface area contributed by atoms with E-state index in [1.807, 2.05) is 6.07 Å². The summed E-state index contributed by atoms with van der Waals surface area (Å²) in [6.07, 6.45) is 3.49. The fourth-order valence-electron chi connectivity index (χ4n) is 2.75. The summed E-state index contributed by atoms with van der Waals surface area (Å²) in [5, 5.41) is 10.7. The van der Waals surface area contributed by atoms with Crippen LogP contribution in [0.2, 0.25) is 0 Å². The van der Waals surface area contributed by atoms with Gasteiger partial charge >= 0.3 is 0 Å². The molecule has 1 aliphatic rings. The van der Waals surface area contributed by atoms with Gasteiger partial charge in [0.15, 0.2) is 0 Å². The standard InChI is InChI=1S/C17H18N2O5/c20-17(13-5-7-14(8-6-13)19(21)22)18(11-15-3-1-9-23-15)12-16-4-2-10-24-16/h1,3,5-9,16H,2,4,10-12H2. The number of hydrogen-bond acceptors (Lipinski definition) is 5. The molecular weight excluding hydrogens is 312 g/mol. The van der Waals surface area contributed by atoms with Gasteiger partial charge in [-0.3, -0.25) is 14.9 Å². The molecule has 7 nitrogen and oxygen atoms in total. The average Bonchev–Trinajstić information content (AvgIpc) is 3.27. The van der Waals surface area contributed by atoms with Crippen LogP contribution in [0.25, 0.3) is 0 Å². The molecule has 1 aromatic carbocycles. The Labute approximate surface area is 139 Å². The lowest BCUT2D eigenvalue weighted by Gasteiger charge is -2.24. The molecule has 0 N–H and O–H groups in total. The van der Waals surface area contributed by atoms with E-state index in [4.69, 9.17) is 9.15 Å². The first kappa shape index (κ1) is 16.2. The second kappa shape index (κ2) is 7.27. The smallest absolute Gasteiger partial charge is 0.269 e. The Morgan fingerprint density at radius 1 is 1.29 bits per heavy atom. The average molecular weight is 330 g/mol. The molecule has 1 aromatic heterocycles. The van der Waals surface area contributed by atoms with Crippen molar-refractivity contribution in [2.75, 3.05) is 13.2 Å². The number of rotatable bonds is 6. The third-order valence-electron chi connectivity index (χ3n) is 3.99. The number of amides is 1. The number of nitro groups is 1. The third-order valence-corrected chi connectivity index (χ3v) is 3.99. The normalized spacial score (nSPS) is 16.9. The Morgan fingerprint density at radius 3 is 2.67 bits per heavy atom. The predicted molar refractivity (Wildman–Crippen MR) is 85.5 cm³/mol. The fraction of sp³-hybridized carbons (Fsp3) is 0.353. The van der Waals surface area contributed by atoms with Crippen LogP contribution in [0.5, 0.6) is 0 Å². The molecule has 2 heterocycles. The highest BCUT2D eigenvalue weighted by Crippen LogP contribution is 2.19. The van der Waals surface area contributed by atoms with Crippen LogP contribution in [0.1, 0.15) is 29.0 Å². The number of nitrogens with zero attached hydrogens (tertiary/aromatic N) is 2. The summed E-state index contributed by atoms with van der Waals surface area (Å²) in [4.78, 5) is 24.7. The monoisotopic (exact) mass is 330 g/mol. The van der Waals surface area contributed by atoms with Gasteiger partial charge in [-0.1, -0.05) is 0 Å². The Morgan fingerprint density at radius 2 is 2.08 bits per heavy atom. The molecule has 3 rings (SSSR count). The zero-order valence-corrected chi connectivity index (χ0v) is 13.1. The summed E-state index contributed by atoms with van der Waals surface area (Å²) in [6, 6.07) is 9.21. The van der Waals surface area contributed by atoms with Crippen LogP contribution >= 0.6 is 0 Å². The lowest BCUT2D eigenvalue weighted by Crippen LogP contribution is -2.36. The van der Waals surface area contributed by atoms with Gasteiger partial charge < -0.3 is 14.1 Å². The van der Waals surface area contributed by atoms with Crippen molar-refractivity contribution in [2.45, 2.75) is 25.5 Å². The van der Waals surface area contributed by atoms with Crippen LogP contribution in [-0.2, 0) is 11.3 Å². The summed E-state index contributed by atoms with van der Waals surface area (Å²) in [5.74, 6) is 0.486. The van der Waals surface area contributed by atoms with E-state index in [-0.39, 0.29) is 17.7 Å². The Hall–Kier alpha value is -2.67. The summed E-state index contributed by atoms with van der Waals surface area (Å²) in [5.41, 5.74) is 0.369. The number of nitro benzene ring substituents is 1. The van der Waals surface area contributed by atoms with E-state index in [0.29, 0.717) is 31.0 Å². The number of carbonyl (C=O) groups excluding carboxylic acids is 1. The highest BCUT2D eigenvalue weighted by atomic mass is 16.6. The molecule has 2 aromatic rings. The lowest BCUT2D eigenvalue weighted by molar-refractivity contribution is -0.384. The number of non-ortho nitro benzene ring substituents is 1. The van der Waals surface area contributed by atoms with E-state index < -0.39 is 4.92 Å². The van der Waals surface area contributed by atoms with E-state index >= 15 is 0 Å². The molecule has 7 heteroatoms. The first-order valence-corrected chi connectivity index (χ1v) is 7.81. The lowest BCUT2D eigenvalue weighted by atomic mass is 10.1. The molecule has 24 heavy (non-hydrogen) atoms. The molecule has 0 spiro atoms. The SMILES string of the molecule is O=C(c1ccc([N+](=O)[O-])cc1)N(Cc1ccco1)CC1CCCO1. The van der Waals surface area contributed by atoms with E-state index in [1.165, 1.54) is 24.3 Å². The van der Waals surface area contributed by atoms with Gasteiger partial charge in [-0.15, -0.1) is 0 Å². The Bertz CT molecular complexity index is 690. The maximum atomic E-state index is 12.8. The maximum Gasteiger partial charge on any atom is 0.269 e. The van der Waals surface area contributed by atoms with Crippen LogP contribution in [0.4, 0.5) is 5.69 Å². The maximum absolute atomic E-state index is 12.8. The third kappa shape index (κ3) is 3.80. The number of ether oxygens (including phenoxy) is 1. The molecule has 1 atom stereocenters. The zero-order chi connectivity index (χ0) is 16.9. The van der Waals surface area contributed by atoms with Crippen molar-refractivity contribution < 1.29 is 18.9 Å². The Kier molecular flexibility index (Phi) is 4.90. The minimum absolute atomic E-state index is 0.0157. The molecule has 126 valence electrons. The molecule has 0 bridgehead atoms. The van der Waals surface area contributed by atoms with E-state index in [1.54, 1.807) is 17.2 Å². The van der Waals surface area contributed by atoms with Crippen molar-refractivity contribution in [3.05, 3.63) is 64.1 Å². The van der Waals surface area contributed by atoms with Crippen LogP contribution in [0.15, 0.2) is 47.1 Å². The van der Waals surface area contributed by atoms with Crippen LogP contribution in [0.3, 0.4) is 0 Å². The van der Waals surface area contributed by atoms with E-state index in [2.05, 4.69) is 0 Å². The summed E-state index contributed by atoms with van der Waals surface area (Å²) in [6.45, 7) is 1.52. The van der Waals surface area contributed by atoms with Crippen molar-refractivity contribution in [2.24, 2.45) is 0 Å². The van der Waals surface area contributed by atoms with Gasteiger partial charge in [0.2, 0.25) is 0 Å². The minimum atomic E-state index is -0.485. The quantitative estimate of drug-likeness (QED) is 0.600. The van der Waals surface area contributed by atoms with Crippen molar-refractivity contribution in [3.63, 3.8) is 0 Å². The molecule has 1 fully saturated rings. The molecular formula is C17H18N2O5. The fourth-order valence-corrected chi connectivity index (χ4v) is 2.75. The number of furan rings is 1. The Balaban J connectivity index is 1.77. The summed E-state index contributed by atoms with van der Waals surface area (Å²) < 4.78 is 11.0. The van der Waals surface area contributed by atoms with Crippen LogP contribution in [0, 0.1) is 10.1 Å². The summed E-state index contributed by atoms with van der Waals surface area (Å²) >= 11 is 0. The van der Waals surface area contributed by atoms with Crippen LogP contribution < -0.4 is 0 Å². The highest BCUT2D eigenvalue weighted by molar-refractivity contribution is 5.94.